The topological polar surface area (TPSA) is 66.6 Å². The first-order valence-electron chi connectivity index (χ1n) is 6.40. The van der Waals surface area contributed by atoms with Crippen molar-refractivity contribution in [3.05, 3.63) is 29.8 Å². The van der Waals surface area contributed by atoms with E-state index in [-0.39, 0.29) is 11.7 Å². The number of nitrogens with zero attached hydrogens (tertiary/aromatic N) is 1. The zero-order chi connectivity index (χ0) is 13.1. The largest absolute Gasteiger partial charge is 0.507 e. The van der Waals surface area contributed by atoms with Crippen LogP contribution in [0.3, 0.4) is 0 Å². The molecule has 0 radical (unpaired) electrons. The SMILES string of the molecule is CC1CCN(C(=O)c2ccccc2O)CC1CN. The molecule has 0 aliphatic carbocycles. The van der Waals surface area contributed by atoms with E-state index in [2.05, 4.69) is 6.92 Å². The third-order valence-electron chi connectivity index (χ3n) is 3.84. The van der Waals surface area contributed by atoms with E-state index in [9.17, 15) is 9.90 Å². The first-order chi connectivity index (χ1) is 8.63. The summed E-state index contributed by atoms with van der Waals surface area (Å²) in [5, 5.41) is 9.71. The molecule has 1 aromatic rings. The van der Waals surface area contributed by atoms with Crippen LogP contribution in [0.2, 0.25) is 0 Å². The van der Waals surface area contributed by atoms with Crippen LogP contribution < -0.4 is 5.73 Å². The van der Waals surface area contributed by atoms with E-state index in [0.717, 1.165) is 13.0 Å². The van der Waals surface area contributed by atoms with Crippen LogP contribution in [0.4, 0.5) is 0 Å². The van der Waals surface area contributed by atoms with Crippen LogP contribution in [0.5, 0.6) is 5.75 Å². The molecule has 0 aromatic heterocycles. The number of nitrogens with two attached hydrogens (primary N) is 1. The summed E-state index contributed by atoms with van der Waals surface area (Å²) in [5.74, 6) is 0.862. The van der Waals surface area contributed by atoms with E-state index >= 15 is 0 Å². The molecule has 1 aromatic carbocycles. The number of likely N-dealkylation sites (tertiary alicyclic amines) is 1. The Morgan fingerprint density at radius 2 is 2.22 bits per heavy atom. The Labute approximate surface area is 107 Å². The quantitative estimate of drug-likeness (QED) is 0.832. The average Bonchev–Trinajstić information content (AvgIpc) is 2.39. The molecule has 0 spiro atoms. The standard InChI is InChI=1S/C14H20N2O2/c1-10-6-7-16(9-11(10)8-15)14(18)12-4-2-3-5-13(12)17/h2-5,10-11,17H,6-9,15H2,1H3. The minimum absolute atomic E-state index is 0.0467. The number of phenolic OH excluding ortho intramolecular Hbond substituents is 1. The molecule has 2 unspecified atom stereocenters. The Balaban J connectivity index is 2.13. The lowest BCUT2D eigenvalue weighted by Crippen LogP contribution is -2.45. The van der Waals surface area contributed by atoms with Gasteiger partial charge in [-0.3, -0.25) is 4.79 Å². The van der Waals surface area contributed by atoms with Gasteiger partial charge in [0, 0.05) is 13.1 Å². The molecule has 3 N–H and O–H groups in total. The first kappa shape index (κ1) is 12.9. The molecule has 1 heterocycles. The van der Waals surface area contributed by atoms with Gasteiger partial charge in [0.1, 0.15) is 5.75 Å². The molecule has 1 aliphatic rings. The summed E-state index contributed by atoms with van der Waals surface area (Å²) in [5.41, 5.74) is 6.11. The van der Waals surface area contributed by atoms with E-state index in [1.165, 1.54) is 0 Å². The molecule has 4 heteroatoms. The van der Waals surface area contributed by atoms with Crippen molar-refractivity contribution in [2.45, 2.75) is 13.3 Å². The summed E-state index contributed by atoms with van der Waals surface area (Å²) in [6.07, 6.45) is 0.973. The Bertz CT molecular complexity index is 434. The molecular formula is C14H20N2O2. The molecule has 2 atom stereocenters. The Kier molecular flexibility index (Phi) is 3.87. The van der Waals surface area contributed by atoms with Crippen molar-refractivity contribution in [1.29, 1.82) is 0 Å². The number of piperidine rings is 1. The van der Waals surface area contributed by atoms with Crippen molar-refractivity contribution in [3.63, 3.8) is 0 Å². The molecule has 0 bridgehead atoms. The van der Waals surface area contributed by atoms with Crippen LogP contribution in [0.25, 0.3) is 0 Å². The van der Waals surface area contributed by atoms with Crippen molar-refractivity contribution in [2.24, 2.45) is 17.6 Å². The highest BCUT2D eigenvalue weighted by atomic mass is 16.3. The van der Waals surface area contributed by atoms with Gasteiger partial charge in [0.25, 0.3) is 5.91 Å². The maximum Gasteiger partial charge on any atom is 0.257 e. The Morgan fingerprint density at radius 1 is 1.50 bits per heavy atom. The fourth-order valence-corrected chi connectivity index (χ4v) is 2.47. The number of aromatic hydroxyl groups is 1. The molecule has 1 aliphatic heterocycles. The van der Waals surface area contributed by atoms with Gasteiger partial charge in [-0.05, 0) is 36.9 Å². The van der Waals surface area contributed by atoms with Crippen LogP contribution in [0.15, 0.2) is 24.3 Å². The summed E-state index contributed by atoms with van der Waals surface area (Å²) in [4.78, 5) is 14.1. The van der Waals surface area contributed by atoms with Gasteiger partial charge in [-0.15, -0.1) is 0 Å². The highest BCUT2D eigenvalue weighted by Crippen LogP contribution is 2.25. The smallest absolute Gasteiger partial charge is 0.257 e. The lowest BCUT2D eigenvalue weighted by molar-refractivity contribution is 0.0615. The maximum atomic E-state index is 12.3. The number of phenols is 1. The van der Waals surface area contributed by atoms with Crippen molar-refractivity contribution >= 4 is 5.91 Å². The summed E-state index contributed by atoms with van der Waals surface area (Å²) in [6, 6.07) is 6.68. The number of rotatable bonds is 2. The Hall–Kier alpha value is -1.55. The van der Waals surface area contributed by atoms with Gasteiger partial charge < -0.3 is 15.7 Å². The maximum absolute atomic E-state index is 12.3. The number of amides is 1. The predicted octanol–water partition coefficient (Wildman–Crippen LogP) is 1.45. The molecule has 1 saturated heterocycles. The number of para-hydroxylation sites is 1. The molecule has 98 valence electrons. The minimum atomic E-state index is -0.0987. The monoisotopic (exact) mass is 248 g/mol. The second kappa shape index (κ2) is 5.40. The van der Waals surface area contributed by atoms with Crippen molar-refractivity contribution in [1.82, 2.24) is 4.90 Å². The number of hydrogen-bond acceptors (Lipinski definition) is 3. The number of carbonyl (C=O) groups is 1. The van der Waals surface area contributed by atoms with E-state index in [1.54, 1.807) is 29.2 Å². The fourth-order valence-electron chi connectivity index (χ4n) is 2.47. The molecule has 1 fully saturated rings. The Morgan fingerprint density at radius 3 is 2.89 bits per heavy atom. The van der Waals surface area contributed by atoms with Crippen LogP contribution in [-0.2, 0) is 0 Å². The van der Waals surface area contributed by atoms with Crippen molar-refractivity contribution in [3.8, 4) is 5.75 Å². The molecule has 1 amide bonds. The third kappa shape index (κ3) is 2.48. The van der Waals surface area contributed by atoms with Crippen LogP contribution in [-0.4, -0.2) is 35.5 Å². The van der Waals surface area contributed by atoms with Gasteiger partial charge in [0.2, 0.25) is 0 Å². The lowest BCUT2D eigenvalue weighted by atomic mass is 9.87. The first-order valence-corrected chi connectivity index (χ1v) is 6.40. The number of benzene rings is 1. The van der Waals surface area contributed by atoms with Gasteiger partial charge in [0.15, 0.2) is 0 Å². The summed E-state index contributed by atoms with van der Waals surface area (Å²) < 4.78 is 0. The lowest BCUT2D eigenvalue weighted by Gasteiger charge is -2.36. The minimum Gasteiger partial charge on any atom is -0.507 e. The zero-order valence-electron chi connectivity index (χ0n) is 10.7. The summed E-state index contributed by atoms with van der Waals surface area (Å²) >= 11 is 0. The van der Waals surface area contributed by atoms with Gasteiger partial charge in [0.05, 0.1) is 5.56 Å². The average molecular weight is 248 g/mol. The third-order valence-corrected chi connectivity index (χ3v) is 3.84. The van der Waals surface area contributed by atoms with Gasteiger partial charge in [-0.25, -0.2) is 0 Å². The predicted molar refractivity (Wildman–Crippen MR) is 70.3 cm³/mol. The van der Waals surface area contributed by atoms with E-state index in [0.29, 0.717) is 30.5 Å². The van der Waals surface area contributed by atoms with Crippen LogP contribution in [0, 0.1) is 11.8 Å². The van der Waals surface area contributed by atoms with Gasteiger partial charge in [-0.2, -0.15) is 0 Å². The van der Waals surface area contributed by atoms with Crippen LogP contribution >= 0.6 is 0 Å². The molecular weight excluding hydrogens is 228 g/mol. The van der Waals surface area contributed by atoms with Gasteiger partial charge in [-0.1, -0.05) is 19.1 Å². The van der Waals surface area contributed by atoms with E-state index in [1.807, 2.05) is 0 Å². The fraction of sp³-hybridized carbons (Fsp3) is 0.500. The van der Waals surface area contributed by atoms with E-state index in [4.69, 9.17) is 5.73 Å². The zero-order valence-corrected chi connectivity index (χ0v) is 10.7. The van der Waals surface area contributed by atoms with Crippen molar-refractivity contribution < 1.29 is 9.90 Å². The van der Waals surface area contributed by atoms with E-state index < -0.39 is 0 Å². The summed E-state index contributed by atoms with van der Waals surface area (Å²) in [6.45, 7) is 4.21. The molecule has 18 heavy (non-hydrogen) atoms. The molecule has 0 saturated carbocycles. The van der Waals surface area contributed by atoms with Gasteiger partial charge >= 0.3 is 0 Å². The highest BCUT2D eigenvalue weighted by molar-refractivity contribution is 5.96. The van der Waals surface area contributed by atoms with Crippen molar-refractivity contribution in [2.75, 3.05) is 19.6 Å². The highest BCUT2D eigenvalue weighted by Gasteiger charge is 2.29. The second-order valence-corrected chi connectivity index (χ2v) is 5.03. The number of carbonyl (C=O) groups excluding carboxylic acids is 1. The number of hydrogen-bond donors (Lipinski definition) is 2. The summed E-state index contributed by atoms with van der Waals surface area (Å²) in [7, 11) is 0. The molecule has 2 rings (SSSR count). The normalized spacial score (nSPS) is 24.0. The molecule has 4 nitrogen and oxygen atoms in total. The van der Waals surface area contributed by atoms with Crippen LogP contribution in [0.1, 0.15) is 23.7 Å². The second-order valence-electron chi connectivity index (χ2n) is 5.03.